The van der Waals surface area contributed by atoms with Crippen LogP contribution in [0.25, 0.3) is 11.3 Å². The molecule has 5 heteroatoms. The fourth-order valence-electron chi connectivity index (χ4n) is 4.01. The molecule has 30 heavy (non-hydrogen) atoms. The number of nitrogens with zero attached hydrogens (tertiary/aromatic N) is 2. The lowest BCUT2D eigenvalue weighted by Gasteiger charge is -2.31. The van der Waals surface area contributed by atoms with Crippen LogP contribution in [0.4, 0.5) is 11.4 Å². The smallest absolute Gasteiger partial charge is 0.162 e. The van der Waals surface area contributed by atoms with Crippen LogP contribution >= 0.6 is 23.2 Å². The molecule has 0 spiro atoms. The Hall–Kier alpha value is -2.88. The lowest BCUT2D eigenvalue weighted by atomic mass is 10.2. The molecule has 2 heterocycles. The molecule has 3 nitrogen and oxygen atoms in total. The third-order valence-electron chi connectivity index (χ3n) is 5.43. The van der Waals surface area contributed by atoms with Crippen LogP contribution in [0.15, 0.2) is 95.4 Å². The second kappa shape index (κ2) is 8.10. The molecule has 1 aliphatic rings. The highest BCUT2D eigenvalue weighted by Crippen LogP contribution is 2.40. The lowest BCUT2D eigenvalue weighted by Crippen LogP contribution is -2.30. The molecule has 4 aromatic rings. The van der Waals surface area contributed by atoms with Gasteiger partial charge in [0.2, 0.25) is 0 Å². The van der Waals surface area contributed by atoms with Crippen molar-refractivity contribution in [3.8, 4) is 11.3 Å². The highest BCUT2D eigenvalue weighted by molar-refractivity contribution is 6.42. The summed E-state index contributed by atoms with van der Waals surface area (Å²) in [6, 6.07) is 30.5. The summed E-state index contributed by atoms with van der Waals surface area (Å²) in [5.41, 5.74) is 3.26. The molecule has 5 rings (SSSR count). The molecule has 3 aromatic carbocycles. The summed E-state index contributed by atoms with van der Waals surface area (Å²) >= 11 is 12.3. The van der Waals surface area contributed by atoms with E-state index in [0.717, 1.165) is 30.2 Å². The van der Waals surface area contributed by atoms with Gasteiger partial charge in [0.15, 0.2) is 6.17 Å². The first-order valence-electron chi connectivity index (χ1n) is 9.89. The van der Waals surface area contributed by atoms with Gasteiger partial charge in [0.05, 0.1) is 10.0 Å². The van der Waals surface area contributed by atoms with E-state index in [9.17, 15) is 0 Å². The molecule has 0 bridgehead atoms. The zero-order valence-electron chi connectivity index (χ0n) is 16.2. The molecule has 0 N–H and O–H groups in total. The Morgan fingerprint density at radius 1 is 0.667 bits per heavy atom. The van der Waals surface area contributed by atoms with Crippen molar-refractivity contribution < 1.29 is 4.42 Å². The summed E-state index contributed by atoms with van der Waals surface area (Å²) in [6.45, 7) is 1.82. The van der Waals surface area contributed by atoms with Crippen LogP contribution in [0.2, 0.25) is 10.0 Å². The number of rotatable bonds is 4. The van der Waals surface area contributed by atoms with E-state index in [2.05, 4.69) is 64.4 Å². The monoisotopic (exact) mass is 434 g/mol. The van der Waals surface area contributed by atoms with E-state index in [1.54, 1.807) is 6.07 Å². The van der Waals surface area contributed by atoms with Crippen molar-refractivity contribution in [2.75, 3.05) is 22.9 Å². The molecule has 150 valence electrons. The van der Waals surface area contributed by atoms with E-state index >= 15 is 0 Å². The predicted octanol–water partition coefficient (Wildman–Crippen LogP) is 7.28. The molecule has 0 saturated carbocycles. The van der Waals surface area contributed by atoms with Crippen LogP contribution in [0, 0.1) is 0 Å². The predicted molar refractivity (Wildman–Crippen MR) is 124 cm³/mol. The fourth-order valence-corrected chi connectivity index (χ4v) is 4.31. The van der Waals surface area contributed by atoms with Crippen molar-refractivity contribution in [3.05, 3.63) is 107 Å². The summed E-state index contributed by atoms with van der Waals surface area (Å²) in [5.74, 6) is 1.66. The Morgan fingerprint density at radius 2 is 1.27 bits per heavy atom. The second-order valence-corrected chi connectivity index (χ2v) is 8.08. The van der Waals surface area contributed by atoms with E-state index in [-0.39, 0.29) is 6.17 Å². The van der Waals surface area contributed by atoms with Gasteiger partial charge in [0, 0.05) is 30.0 Å². The summed E-state index contributed by atoms with van der Waals surface area (Å²) in [6.07, 6.45) is -0.0358. The van der Waals surface area contributed by atoms with Gasteiger partial charge in [-0.05, 0) is 54.6 Å². The molecule has 0 aliphatic carbocycles. The summed E-state index contributed by atoms with van der Waals surface area (Å²) < 4.78 is 6.37. The lowest BCUT2D eigenvalue weighted by molar-refractivity contribution is 0.476. The van der Waals surface area contributed by atoms with E-state index < -0.39 is 0 Å². The van der Waals surface area contributed by atoms with Crippen molar-refractivity contribution in [1.82, 2.24) is 0 Å². The SMILES string of the molecule is Clc1ccc(-c2ccc(C3N(c4ccccc4)CCN3c3ccccc3)o2)cc1Cl. The van der Waals surface area contributed by atoms with E-state index in [0.29, 0.717) is 10.0 Å². The highest BCUT2D eigenvalue weighted by atomic mass is 35.5. The van der Waals surface area contributed by atoms with Crippen LogP contribution in [0.1, 0.15) is 11.9 Å². The second-order valence-electron chi connectivity index (χ2n) is 7.26. The van der Waals surface area contributed by atoms with E-state index in [4.69, 9.17) is 27.6 Å². The molecule has 0 radical (unpaired) electrons. The fraction of sp³-hybridized carbons (Fsp3) is 0.120. The Bertz CT molecular complexity index is 1100. The van der Waals surface area contributed by atoms with E-state index in [1.165, 1.54) is 11.4 Å². The third kappa shape index (κ3) is 3.55. The zero-order chi connectivity index (χ0) is 20.5. The average Bonchev–Trinajstić information content (AvgIpc) is 3.44. The van der Waals surface area contributed by atoms with Gasteiger partial charge < -0.3 is 14.2 Å². The van der Waals surface area contributed by atoms with Crippen LogP contribution < -0.4 is 9.80 Å². The van der Waals surface area contributed by atoms with Crippen molar-refractivity contribution in [1.29, 1.82) is 0 Å². The quantitative estimate of drug-likeness (QED) is 0.336. The number of para-hydroxylation sites is 2. The standard InChI is InChI=1S/C25H20Cl2N2O/c26-21-12-11-18(17-22(21)27)23-13-14-24(30-23)25-28(19-7-3-1-4-8-19)15-16-29(25)20-9-5-2-6-10-20/h1-14,17,25H,15-16H2. The molecule has 1 aliphatic heterocycles. The molecule has 0 atom stereocenters. The molecule has 1 fully saturated rings. The van der Waals surface area contributed by atoms with Crippen molar-refractivity contribution >= 4 is 34.6 Å². The minimum atomic E-state index is -0.0358. The van der Waals surface area contributed by atoms with Crippen molar-refractivity contribution in [2.24, 2.45) is 0 Å². The minimum absolute atomic E-state index is 0.0358. The van der Waals surface area contributed by atoms with Gasteiger partial charge in [0.25, 0.3) is 0 Å². The number of hydrogen-bond donors (Lipinski definition) is 0. The Morgan fingerprint density at radius 3 is 1.83 bits per heavy atom. The number of benzene rings is 3. The van der Waals surface area contributed by atoms with Crippen LogP contribution in [-0.2, 0) is 0 Å². The topological polar surface area (TPSA) is 19.6 Å². The summed E-state index contributed by atoms with van der Waals surface area (Å²) in [5, 5.41) is 1.05. The first kappa shape index (κ1) is 19.1. The van der Waals surface area contributed by atoms with Crippen molar-refractivity contribution in [2.45, 2.75) is 6.17 Å². The largest absolute Gasteiger partial charge is 0.457 e. The summed E-state index contributed by atoms with van der Waals surface area (Å²) in [7, 11) is 0. The van der Waals surface area contributed by atoms with E-state index in [1.807, 2.05) is 30.3 Å². The Labute approximate surface area is 186 Å². The Kier molecular flexibility index (Phi) is 5.16. The molecular weight excluding hydrogens is 415 g/mol. The number of hydrogen-bond acceptors (Lipinski definition) is 3. The third-order valence-corrected chi connectivity index (χ3v) is 6.17. The maximum Gasteiger partial charge on any atom is 0.162 e. The van der Waals surface area contributed by atoms with Gasteiger partial charge in [-0.25, -0.2) is 0 Å². The van der Waals surface area contributed by atoms with Gasteiger partial charge >= 0.3 is 0 Å². The van der Waals surface area contributed by atoms with Crippen LogP contribution in [-0.4, -0.2) is 13.1 Å². The summed E-state index contributed by atoms with van der Waals surface area (Å²) in [4.78, 5) is 4.76. The normalized spacial score (nSPS) is 14.5. The molecule has 0 amide bonds. The highest BCUT2D eigenvalue weighted by Gasteiger charge is 2.36. The Balaban J connectivity index is 1.55. The van der Waals surface area contributed by atoms with Crippen LogP contribution in [0.5, 0.6) is 0 Å². The first-order valence-corrected chi connectivity index (χ1v) is 10.6. The van der Waals surface area contributed by atoms with Gasteiger partial charge in [-0.15, -0.1) is 0 Å². The molecule has 1 aromatic heterocycles. The minimum Gasteiger partial charge on any atom is -0.457 e. The zero-order valence-corrected chi connectivity index (χ0v) is 17.7. The maximum atomic E-state index is 6.37. The van der Waals surface area contributed by atoms with Gasteiger partial charge in [-0.2, -0.15) is 0 Å². The van der Waals surface area contributed by atoms with Crippen LogP contribution in [0.3, 0.4) is 0 Å². The molecule has 0 unspecified atom stereocenters. The molecule has 1 saturated heterocycles. The van der Waals surface area contributed by atoms with Gasteiger partial charge in [-0.1, -0.05) is 59.6 Å². The van der Waals surface area contributed by atoms with Crippen molar-refractivity contribution in [3.63, 3.8) is 0 Å². The molecular formula is C25H20Cl2N2O. The average molecular weight is 435 g/mol. The van der Waals surface area contributed by atoms with Gasteiger partial charge in [0.1, 0.15) is 11.5 Å². The number of furan rings is 1. The number of anilines is 2. The maximum absolute atomic E-state index is 6.37. The van der Waals surface area contributed by atoms with Gasteiger partial charge in [-0.3, -0.25) is 0 Å². The number of halogens is 2. The first-order chi connectivity index (χ1) is 14.7.